The molecule has 0 saturated carbocycles. The Labute approximate surface area is 114 Å². The molecular formula is C15H19NO2S. The molecule has 0 amide bonds. The lowest BCUT2D eigenvalue weighted by molar-refractivity contribution is 0.532. The van der Waals surface area contributed by atoms with Crippen molar-refractivity contribution in [2.45, 2.75) is 30.9 Å². The van der Waals surface area contributed by atoms with Gasteiger partial charge < -0.3 is 0 Å². The van der Waals surface area contributed by atoms with Crippen LogP contribution in [0.15, 0.2) is 54.1 Å². The third-order valence-corrected chi connectivity index (χ3v) is 5.31. The first-order chi connectivity index (χ1) is 8.93. The van der Waals surface area contributed by atoms with Gasteiger partial charge in [0.25, 0.3) is 0 Å². The summed E-state index contributed by atoms with van der Waals surface area (Å²) in [5.41, 5.74) is 2.21. The molecule has 0 fully saturated rings. The molecule has 1 aliphatic rings. The molecule has 3 nitrogen and oxygen atoms in total. The molecular weight excluding hydrogens is 258 g/mol. The first-order valence-corrected chi connectivity index (χ1v) is 7.90. The Bertz CT molecular complexity index is 602. The fraction of sp³-hybridized carbons (Fsp3) is 0.333. The molecule has 1 atom stereocenters. The molecule has 19 heavy (non-hydrogen) atoms. The number of hydrogen-bond acceptors (Lipinski definition) is 2. The Morgan fingerprint density at radius 1 is 1.26 bits per heavy atom. The van der Waals surface area contributed by atoms with E-state index in [4.69, 9.17) is 5.14 Å². The summed E-state index contributed by atoms with van der Waals surface area (Å²) >= 11 is 0. The smallest absolute Gasteiger partial charge is 0.218 e. The Kier molecular flexibility index (Phi) is 3.92. The largest absolute Gasteiger partial charge is 0.228 e. The van der Waals surface area contributed by atoms with Gasteiger partial charge in [-0.15, -0.1) is 0 Å². The Morgan fingerprint density at radius 3 is 2.47 bits per heavy atom. The highest BCUT2D eigenvalue weighted by molar-refractivity contribution is 7.90. The van der Waals surface area contributed by atoms with Crippen LogP contribution >= 0.6 is 0 Å². The zero-order valence-corrected chi connectivity index (χ0v) is 11.9. The standard InChI is InChI=1S/C15H19NO2S/c1-13-7-10-15(11-8-13,19(16,17)18)12-9-14-5-3-2-4-6-14/h2-8,10H,9,11-12H2,1H3,(H2,16,17,18). The van der Waals surface area contributed by atoms with Crippen LogP contribution in [0.1, 0.15) is 25.3 Å². The van der Waals surface area contributed by atoms with Crippen LogP contribution in [-0.2, 0) is 16.4 Å². The summed E-state index contributed by atoms with van der Waals surface area (Å²) in [6, 6.07) is 9.87. The van der Waals surface area contributed by atoms with Gasteiger partial charge in [-0.05, 0) is 31.7 Å². The first kappa shape index (κ1) is 14.0. The second kappa shape index (κ2) is 5.31. The van der Waals surface area contributed by atoms with Gasteiger partial charge in [0.1, 0.15) is 4.75 Å². The van der Waals surface area contributed by atoms with Crippen molar-refractivity contribution in [2.24, 2.45) is 5.14 Å². The highest BCUT2D eigenvalue weighted by atomic mass is 32.2. The molecule has 0 heterocycles. The van der Waals surface area contributed by atoms with Gasteiger partial charge in [0, 0.05) is 0 Å². The third-order valence-electron chi connectivity index (χ3n) is 3.67. The van der Waals surface area contributed by atoms with Crippen molar-refractivity contribution >= 4 is 10.0 Å². The van der Waals surface area contributed by atoms with E-state index in [-0.39, 0.29) is 0 Å². The second-order valence-electron chi connectivity index (χ2n) is 5.08. The van der Waals surface area contributed by atoms with Crippen LogP contribution in [0.3, 0.4) is 0 Å². The fourth-order valence-corrected chi connectivity index (χ4v) is 3.25. The van der Waals surface area contributed by atoms with Gasteiger partial charge in [0.2, 0.25) is 10.0 Å². The van der Waals surface area contributed by atoms with Crippen molar-refractivity contribution in [3.05, 3.63) is 59.7 Å². The molecule has 1 aromatic carbocycles. The minimum absolute atomic E-state index is 0.459. The summed E-state index contributed by atoms with van der Waals surface area (Å²) in [5.74, 6) is 0. The maximum atomic E-state index is 11.9. The average molecular weight is 277 g/mol. The van der Waals surface area contributed by atoms with Crippen LogP contribution in [0.4, 0.5) is 0 Å². The Hall–Kier alpha value is -1.39. The first-order valence-electron chi connectivity index (χ1n) is 6.35. The van der Waals surface area contributed by atoms with Crippen LogP contribution in [0.5, 0.6) is 0 Å². The quantitative estimate of drug-likeness (QED) is 0.919. The molecule has 4 heteroatoms. The third kappa shape index (κ3) is 3.14. The monoisotopic (exact) mass is 277 g/mol. The molecule has 0 saturated heterocycles. The molecule has 0 bridgehead atoms. The fourth-order valence-electron chi connectivity index (χ4n) is 2.29. The number of nitrogens with two attached hydrogens (primary N) is 1. The van der Waals surface area contributed by atoms with Crippen LogP contribution in [0, 0.1) is 0 Å². The predicted octanol–water partition coefficient (Wildman–Crippen LogP) is 2.55. The number of benzene rings is 1. The number of hydrogen-bond donors (Lipinski definition) is 1. The molecule has 0 radical (unpaired) electrons. The summed E-state index contributed by atoms with van der Waals surface area (Å²) in [5, 5.41) is 5.45. The van der Waals surface area contributed by atoms with E-state index in [1.807, 2.05) is 49.4 Å². The number of allylic oxidation sites excluding steroid dienone is 3. The molecule has 1 unspecified atom stereocenters. The van der Waals surface area contributed by atoms with E-state index in [1.54, 1.807) is 6.08 Å². The summed E-state index contributed by atoms with van der Waals surface area (Å²) in [6.07, 6.45) is 7.21. The van der Waals surface area contributed by atoms with Crippen LogP contribution in [0.25, 0.3) is 0 Å². The molecule has 0 aliphatic heterocycles. The van der Waals surface area contributed by atoms with Crippen molar-refractivity contribution in [3.8, 4) is 0 Å². The minimum Gasteiger partial charge on any atom is -0.228 e. The van der Waals surface area contributed by atoms with E-state index in [1.165, 1.54) is 0 Å². The van der Waals surface area contributed by atoms with Crippen molar-refractivity contribution in [3.63, 3.8) is 0 Å². The van der Waals surface area contributed by atoms with Crippen LogP contribution in [-0.4, -0.2) is 13.2 Å². The van der Waals surface area contributed by atoms with Gasteiger partial charge in [-0.3, -0.25) is 0 Å². The van der Waals surface area contributed by atoms with Gasteiger partial charge in [0.05, 0.1) is 0 Å². The molecule has 1 aliphatic carbocycles. The number of primary sulfonamides is 1. The van der Waals surface area contributed by atoms with Gasteiger partial charge >= 0.3 is 0 Å². The van der Waals surface area contributed by atoms with E-state index in [0.717, 1.165) is 11.1 Å². The van der Waals surface area contributed by atoms with Gasteiger partial charge in [-0.2, -0.15) is 0 Å². The summed E-state index contributed by atoms with van der Waals surface area (Å²) in [4.78, 5) is 0. The van der Waals surface area contributed by atoms with E-state index < -0.39 is 14.8 Å². The van der Waals surface area contributed by atoms with Crippen molar-refractivity contribution in [2.75, 3.05) is 0 Å². The van der Waals surface area contributed by atoms with E-state index in [2.05, 4.69) is 0 Å². The number of sulfonamides is 1. The lowest BCUT2D eigenvalue weighted by atomic mass is 9.90. The van der Waals surface area contributed by atoms with E-state index in [9.17, 15) is 8.42 Å². The molecule has 0 aromatic heterocycles. The zero-order valence-electron chi connectivity index (χ0n) is 11.0. The zero-order chi connectivity index (χ0) is 13.9. The lowest BCUT2D eigenvalue weighted by Crippen LogP contribution is -2.42. The van der Waals surface area contributed by atoms with Crippen molar-refractivity contribution < 1.29 is 8.42 Å². The summed E-state index contributed by atoms with van der Waals surface area (Å²) < 4.78 is 22.9. The molecule has 102 valence electrons. The maximum absolute atomic E-state index is 11.9. The van der Waals surface area contributed by atoms with Gasteiger partial charge in [-0.1, -0.05) is 54.1 Å². The Balaban J connectivity index is 2.20. The SMILES string of the molecule is CC1=CCC(CCc2ccccc2)(S(N)(=O)=O)C=C1. The summed E-state index contributed by atoms with van der Waals surface area (Å²) in [6.45, 7) is 1.96. The van der Waals surface area contributed by atoms with E-state index in [0.29, 0.717) is 19.3 Å². The minimum atomic E-state index is -3.61. The maximum Gasteiger partial charge on any atom is 0.218 e. The topological polar surface area (TPSA) is 60.2 Å². The number of aryl methyl sites for hydroxylation is 1. The van der Waals surface area contributed by atoms with Crippen LogP contribution in [0.2, 0.25) is 0 Å². The molecule has 2 rings (SSSR count). The normalized spacial score (nSPS) is 23.2. The van der Waals surface area contributed by atoms with Crippen LogP contribution < -0.4 is 5.14 Å². The highest BCUT2D eigenvalue weighted by Gasteiger charge is 2.38. The van der Waals surface area contributed by atoms with Crippen molar-refractivity contribution in [1.29, 1.82) is 0 Å². The molecule has 2 N–H and O–H groups in total. The Morgan fingerprint density at radius 2 is 1.95 bits per heavy atom. The molecule has 0 spiro atoms. The summed E-state index contributed by atoms with van der Waals surface area (Å²) in [7, 11) is -3.61. The molecule has 1 aromatic rings. The van der Waals surface area contributed by atoms with Crippen molar-refractivity contribution in [1.82, 2.24) is 0 Å². The highest BCUT2D eigenvalue weighted by Crippen LogP contribution is 2.32. The van der Waals surface area contributed by atoms with Gasteiger partial charge in [0.15, 0.2) is 0 Å². The van der Waals surface area contributed by atoms with E-state index >= 15 is 0 Å². The second-order valence-corrected chi connectivity index (χ2v) is 6.98. The van der Waals surface area contributed by atoms with Gasteiger partial charge in [-0.25, -0.2) is 13.6 Å². The average Bonchev–Trinajstić information content (AvgIpc) is 2.38. The lowest BCUT2D eigenvalue weighted by Gasteiger charge is -2.29. The predicted molar refractivity (Wildman–Crippen MR) is 78.1 cm³/mol. The number of rotatable bonds is 4.